The van der Waals surface area contributed by atoms with Crippen LogP contribution in [0.25, 0.3) is 11.1 Å². The number of aryl methyl sites for hydroxylation is 3. The Balaban J connectivity index is 1.90. The van der Waals surface area contributed by atoms with E-state index in [0.717, 1.165) is 26.6 Å². The van der Waals surface area contributed by atoms with Gasteiger partial charge in [-0.15, -0.1) is 0 Å². The molecule has 0 fully saturated rings. The molecule has 0 spiro atoms. The van der Waals surface area contributed by atoms with Gasteiger partial charge in [0.1, 0.15) is 5.75 Å². The molecular formula is C23H26N4O6S. The van der Waals surface area contributed by atoms with Gasteiger partial charge in [-0.25, -0.2) is 4.79 Å². The average Bonchev–Trinajstić information content (AvgIpc) is 3.22. The van der Waals surface area contributed by atoms with Gasteiger partial charge >= 0.3 is 5.97 Å². The second-order valence-electron chi connectivity index (χ2n) is 7.90. The number of carboxylic acids is 1. The van der Waals surface area contributed by atoms with Gasteiger partial charge in [0.25, 0.3) is 10.0 Å². The fraction of sp³-hybridized carbons (Fsp3) is 0.348. The Hall–Kier alpha value is -3.60. The predicted molar refractivity (Wildman–Crippen MR) is 125 cm³/mol. The molecule has 3 heterocycles. The van der Waals surface area contributed by atoms with E-state index in [1.807, 2.05) is 20.8 Å². The van der Waals surface area contributed by atoms with Crippen LogP contribution in [0, 0.1) is 13.8 Å². The first-order valence-corrected chi connectivity index (χ1v) is 12.3. The number of carbonyl (C=O) groups is 1. The summed E-state index contributed by atoms with van der Waals surface area (Å²) in [5, 5.41) is 13.5. The van der Waals surface area contributed by atoms with Gasteiger partial charge in [0.05, 0.1) is 25.0 Å². The van der Waals surface area contributed by atoms with E-state index in [0.29, 0.717) is 6.54 Å². The molecule has 34 heavy (non-hydrogen) atoms. The summed E-state index contributed by atoms with van der Waals surface area (Å²) in [5.74, 6) is -0.996. The van der Waals surface area contributed by atoms with Crippen LogP contribution in [0.2, 0.25) is 0 Å². The highest BCUT2D eigenvalue weighted by atomic mass is 32.2. The fourth-order valence-corrected chi connectivity index (χ4v) is 5.52. The largest absolute Gasteiger partial charge is 0.489 e. The van der Waals surface area contributed by atoms with E-state index in [4.69, 9.17) is 9.47 Å². The van der Waals surface area contributed by atoms with Gasteiger partial charge in [0, 0.05) is 18.9 Å². The lowest BCUT2D eigenvalue weighted by atomic mass is 9.97. The molecule has 11 heteroatoms. The monoisotopic (exact) mass is 486 g/mol. The van der Waals surface area contributed by atoms with Crippen molar-refractivity contribution < 1.29 is 27.8 Å². The third-order valence-electron chi connectivity index (χ3n) is 5.57. The van der Waals surface area contributed by atoms with Crippen molar-refractivity contribution in [3.8, 4) is 22.6 Å². The number of benzene rings is 1. The molecule has 0 bridgehead atoms. The summed E-state index contributed by atoms with van der Waals surface area (Å²) in [6.45, 7) is 7.70. The number of anilines is 1. The maximum atomic E-state index is 13.8. The van der Waals surface area contributed by atoms with Crippen LogP contribution >= 0.6 is 0 Å². The van der Waals surface area contributed by atoms with Crippen molar-refractivity contribution in [3.05, 3.63) is 47.9 Å². The Morgan fingerprint density at radius 1 is 1.24 bits per heavy atom. The minimum atomic E-state index is -4.28. The summed E-state index contributed by atoms with van der Waals surface area (Å²) in [6, 6.07) is 5.06. The van der Waals surface area contributed by atoms with Gasteiger partial charge in [0.2, 0.25) is 11.1 Å². The number of hydrogen-bond donors (Lipinski definition) is 1. The Morgan fingerprint density at radius 3 is 2.56 bits per heavy atom. The van der Waals surface area contributed by atoms with Gasteiger partial charge in [-0.1, -0.05) is 6.07 Å². The Labute approximate surface area is 197 Å². The predicted octanol–water partition coefficient (Wildman–Crippen LogP) is 3.02. The van der Waals surface area contributed by atoms with E-state index in [-0.39, 0.29) is 28.8 Å². The number of fused-ring (bicyclic) bond motifs is 1. The molecule has 1 aliphatic heterocycles. The Kier molecular flexibility index (Phi) is 6.22. The van der Waals surface area contributed by atoms with E-state index >= 15 is 0 Å². The molecule has 4 rings (SSSR count). The molecular weight excluding hydrogens is 460 g/mol. The molecule has 0 amide bonds. The zero-order valence-corrected chi connectivity index (χ0v) is 20.2. The van der Waals surface area contributed by atoms with Crippen molar-refractivity contribution in [2.45, 2.75) is 45.4 Å². The smallest absolute Gasteiger partial charge is 0.346 e. The highest BCUT2D eigenvalue weighted by Crippen LogP contribution is 2.41. The van der Waals surface area contributed by atoms with Crippen LogP contribution in [-0.4, -0.2) is 53.5 Å². The van der Waals surface area contributed by atoms with E-state index in [1.54, 1.807) is 37.5 Å². The molecule has 1 atom stereocenters. The van der Waals surface area contributed by atoms with Gasteiger partial charge < -0.3 is 14.6 Å². The second kappa shape index (κ2) is 8.98. The van der Waals surface area contributed by atoms with E-state index < -0.39 is 28.6 Å². The average molecular weight is 487 g/mol. The zero-order valence-electron chi connectivity index (χ0n) is 19.3. The van der Waals surface area contributed by atoms with E-state index in [2.05, 4.69) is 10.1 Å². The normalized spacial score (nSPS) is 15.5. The van der Waals surface area contributed by atoms with E-state index in [1.165, 1.54) is 10.9 Å². The number of ether oxygens (including phenoxy) is 2. The molecule has 1 N–H and O–H groups in total. The number of carboxylic acid groups (broad SMARTS) is 1. The van der Waals surface area contributed by atoms with Crippen molar-refractivity contribution in [1.29, 1.82) is 0 Å². The van der Waals surface area contributed by atoms with Crippen LogP contribution in [0.15, 0.2) is 41.8 Å². The highest BCUT2D eigenvalue weighted by molar-refractivity contribution is 7.92. The Bertz CT molecular complexity index is 1330. The maximum Gasteiger partial charge on any atom is 0.346 e. The van der Waals surface area contributed by atoms with Crippen LogP contribution < -0.4 is 13.8 Å². The molecule has 10 nitrogen and oxygen atoms in total. The van der Waals surface area contributed by atoms with Crippen LogP contribution in [0.1, 0.15) is 25.0 Å². The number of nitrogens with zero attached hydrogens (tertiary/aromatic N) is 4. The first-order chi connectivity index (χ1) is 16.2. The molecule has 1 aromatic carbocycles. The standard InChI is InChI=1S/C23H26N4O6S/c1-5-26-12-19(32-6-2)22(25-26)34(30,31)27-13-20(23(28)29)33-18-8-7-16(9-17(18)27)21-14(3)10-24-11-15(21)4/h7-12,20H,5-6,13H2,1-4H3,(H,28,29). The first kappa shape index (κ1) is 23.6. The van der Waals surface area contributed by atoms with Crippen molar-refractivity contribution in [3.63, 3.8) is 0 Å². The maximum absolute atomic E-state index is 13.8. The lowest BCUT2D eigenvalue weighted by molar-refractivity contribution is -0.144. The third kappa shape index (κ3) is 4.07. The SMILES string of the molecule is CCOc1cn(CC)nc1S(=O)(=O)N1CC(C(=O)O)Oc2ccc(-c3c(C)cncc3C)cc21. The summed E-state index contributed by atoms with van der Waals surface area (Å²) in [6.07, 6.45) is 3.62. The van der Waals surface area contributed by atoms with Gasteiger partial charge in [-0.2, -0.15) is 13.5 Å². The summed E-state index contributed by atoms with van der Waals surface area (Å²) < 4.78 is 41.4. The van der Waals surface area contributed by atoms with Crippen LogP contribution in [-0.2, 0) is 21.4 Å². The lowest BCUT2D eigenvalue weighted by Gasteiger charge is -2.33. The zero-order chi connectivity index (χ0) is 24.6. The third-order valence-corrected chi connectivity index (χ3v) is 7.27. The van der Waals surface area contributed by atoms with Crippen molar-refractivity contribution in [2.24, 2.45) is 0 Å². The fourth-order valence-electron chi connectivity index (χ4n) is 4.00. The molecule has 180 valence electrons. The molecule has 2 aromatic heterocycles. The van der Waals surface area contributed by atoms with Crippen molar-refractivity contribution >= 4 is 21.7 Å². The molecule has 3 aromatic rings. The molecule has 0 radical (unpaired) electrons. The topological polar surface area (TPSA) is 124 Å². The van der Waals surface area contributed by atoms with Gasteiger partial charge in [-0.3, -0.25) is 14.0 Å². The van der Waals surface area contributed by atoms with Gasteiger partial charge in [0.15, 0.2) is 5.75 Å². The lowest BCUT2D eigenvalue weighted by Crippen LogP contribution is -2.47. The number of hydrogen-bond acceptors (Lipinski definition) is 7. The number of pyridine rings is 1. The molecule has 1 aliphatic rings. The summed E-state index contributed by atoms with van der Waals surface area (Å²) in [7, 11) is -4.28. The number of rotatable bonds is 7. The second-order valence-corrected chi connectivity index (χ2v) is 9.68. The van der Waals surface area contributed by atoms with Crippen molar-refractivity contribution in [1.82, 2.24) is 14.8 Å². The number of aliphatic carboxylic acids is 1. The molecule has 0 saturated heterocycles. The first-order valence-electron chi connectivity index (χ1n) is 10.8. The van der Waals surface area contributed by atoms with Crippen molar-refractivity contribution in [2.75, 3.05) is 17.5 Å². The van der Waals surface area contributed by atoms with Gasteiger partial charge in [-0.05, 0) is 62.1 Å². The summed E-state index contributed by atoms with van der Waals surface area (Å²) in [4.78, 5) is 16.0. The molecule has 0 aliphatic carbocycles. The van der Waals surface area contributed by atoms with Crippen LogP contribution in [0.4, 0.5) is 5.69 Å². The Morgan fingerprint density at radius 2 is 1.94 bits per heavy atom. The molecule has 0 saturated carbocycles. The number of aromatic nitrogens is 3. The minimum Gasteiger partial charge on any atom is -0.489 e. The molecule has 1 unspecified atom stereocenters. The summed E-state index contributed by atoms with van der Waals surface area (Å²) in [5.41, 5.74) is 3.77. The van der Waals surface area contributed by atoms with Crippen LogP contribution in [0.5, 0.6) is 11.5 Å². The summed E-state index contributed by atoms with van der Waals surface area (Å²) >= 11 is 0. The van der Waals surface area contributed by atoms with E-state index in [9.17, 15) is 18.3 Å². The quantitative estimate of drug-likeness (QED) is 0.540. The number of sulfonamides is 1. The van der Waals surface area contributed by atoms with Crippen LogP contribution in [0.3, 0.4) is 0 Å². The minimum absolute atomic E-state index is 0.112. The highest BCUT2D eigenvalue weighted by Gasteiger charge is 2.40.